The van der Waals surface area contributed by atoms with Crippen LogP contribution < -0.4 is 0 Å². The molecule has 146 valence electrons. The monoisotopic (exact) mass is 358 g/mol. The lowest BCUT2D eigenvalue weighted by Crippen LogP contribution is -2.35. The molecule has 1 aliphatic rings. The van der Waals surface area contributed by atoms with Crippen LogP contribution in [0.1, 0.15) is 96.9 Å². The maximum absolute atomic E-state index is 13.1. The van der Waals surface area contributed by atoms with Crippen LogP contribution in [-0.2, 0) is 22.4 Å². The number of aryl methyl sites for hydroxylation is 2. The first-order valence-corrected chi connectivity index (χ1v) is 10.4. The van der Waals surface area contributed by atoms with E-state index in [4.69, 9.17) is 4.74 Å². The van der Waals surface area contributed by atoms with E-state index in [1.807, 2.05) is 6.92 Å². The summed E-state index contributed by atoms with van der Waals surface area (Å²) in [6.45, 7) is 15.2. The molecule has 0 aromatic heterocycles. The zero-order valence-electron chi connectivity index (χ0n) is 17.9. The summed E-state index contributed by atoms with van der Waals surface area (Å²) in [4.78, 5) is 13.1. The maximum Gasteiger partial charge on any atom is 0.310 e. The SMILES string of the molecule is CCC(C)(C)C(CC(C)(C)C)C(=O)OC(C)c1ccc2c(c1)CCCC2. The van der Waals surface area contributed by atoms with Crippen LogP contribution in [0, 0.1) is 16.7 Å². The van der Waals surface area contributed by atoms with Gasteiger partial charge in [-0.15, -0.1) is 0 Å². The number of ether oxygens (including phenoxy) is 1. The highest BCUT2D eigenvalue weighted by molar-refractivity contribution is 5.73. The zero-order chi connectivity index (χ0) is 19.5. The van der Waals surface area contributed by atoms with Crippen LogP contribution in [0.15, 0.2) is 18.2 Å². The fourth-order valence-electron chi connectivity index (χ4n) is 3.87. The molecule has 0 bridgehead atoms. The molecule has 0 amide bonds. The Morgan fingerprint density at radius 3 is 2.27 bits per heavy atom. The highest BCUT2D eigenvalue weighted by Gasteiger charge is 2.38. The number of carbonyl (C=O) groups is 1. The molecular weight excluding hydrogens is 320 g/mol. The van der Waals surface area contributed by atoms with Crippen LogP contribution in [0.4, 0.5) is 0 Å². The molecule has 2 nitrogen and oxygen atoms in total. The van der Waals surface area contributed by atoms with E-state index in [-0.39, 0.29) is 28.8 Å². The highest BCUT2D eigenvalue weighted by Crippen LogP contribution is 2.40. The molecule has 0 heterocycles. The number of hydrogen-bond donors (Lipinski definition) is 0. The fraction of sp³-hybridized carbons (Fsp3) is 0.708. The molecule has 0 spiro atoms. The Bertz CT molecular complexity index is 622. The van der Waals surface area contributed by atoms with E-state index >= 15 is 0 Å². The van der Waals surface area contributed by atoms with Gasteiger partial charge in [-0.25, -0.2) is 0 Å². The van der Waals surface area contributed by atoms with Gasteiger partial charge < -0.3 is 4.74 Å². The van der Waals surface area contributed by atoms with Crippen molar-refractivity contribution in [2.75, 3.05) is 0 Å². The predicted molar refractivity (Wildman–Crippen MR) is 109 cm³/mol. The van der Waals surface area contributed by atoms with Crippen molar-refractivity contribution in [3.63, 3.8) is 0 Å². The van der Waals surface area contributed by atoms with E-state index in [2.05, 4.69) is 59.7 Å². The van der Waals surface area contributed by atoms with Crippen molar-refractivity contribution in [3.05, 3.63) is 34.9 Å². The summed E-state index contributed by atoms with van der Waals surface area (Å²) in [7, 11) is 0. The molecule has 2 heteroatoms. The Morgan fingerprint density at radius 1 is 1.08 bits per heavy atom. The van der Waals surface area contributed by atoms with Crippen molar-refractivity contribution >= 4 is 5.97 Å². The quantitative estimate of drug-likeness (QED) is 0.532. The highest BCUT2D eigenvalue weighted by atomic mass is 16.5. The van der Waals surface area contributed by atoms with Gasteiger partial charge in [0.25, 0.3) is 0 Å². The number of carbonyl (C=O) groups excluding carboxylic acids is 1. The van der Waals surface area contributed by atoms with Crippen molar-refractivity contribution in [2.24, 2.45) is 16.7 Å². The van der Waals surface area contributed by atoms with Crippen molar-refractivity contribution in [2.45, 2.75) is 93.1 Å². The first-order chi connectivity index (χ1) is 12.0. The van der Waals surface area contributed by atoms with Crippen LogP contribution in [-0.4, -0.2) is 5.97 Å². The lowest BCUT2D eigenvalue weighted by atomic mass is 9.70. The number of esters is 1. The van der Waals surface area contributed by atoms with Gasteiger partial charge >= 0.3 is 5.97 Å². The van der Waals surface area contributed by atoms with Gasteiger partial charge in [0, 0.05) is 0 Å². The van der Waals surface area contributed by atoms with Gasteiger partial charge in [-0.05, 0) is 66.5 Å². The summed E-state index contributed by atoms with van der Waals surface area (Å²) in [6.07, 6.45) is 6.52. The first-order valence-electron chi connectivity index (χ1n) is 10.4. The van der Waals surface area contributed by atoms with Crippen molar-refractivity contribution in [3.8, 4) is 0 Å². The summed E-state index contributed by atoms with van der Waals surface area (Å²) >= 11 is 0. The summed E-state index contributed by atoms with van der Waals surface area (Å²) in [5.41, 5.74) is 4.08. The van der Waals surface area contributed by atoms with Crippen molar-refractivity contribution < 1.29 is 9.53 Å². The van der Waals surface area contributed by atoms with Gasteiger partial charge in [0.1, 0.15) is 6.10 Å². The van der Waals surface area contributed by atoms with Gasteiger partial charge in [0.15, 0.2) is 0 Å². The van der Waals surface area contributed by atoms with E-state index in [9.17, 15) is 4.79 Å². The van der Waals surface area contributed by atoms with Crippen LogP contribution in [0.3, 0.4) is 0 Å². The summed E-state index contributed by atoms with van der Waals surface area (Å²) in [5.74, 6) is -0.121. The summed E-state index contributed by atoms with van der Waals surface area (Å²) in [6, 6.07) is 6.64. The lowest BCUT2D eigenvalue weighted by Gasteiger charge is -2.36. The average molecular weight is 359 g/mol. The Hall–Kier alpha value is -1.31. The molecule has 2 atom stereocenters. The van der Waals surface area contributed by atoms with E-state index in [1.54, 1.807) is 0 Å². The molecule has 2 rings (SSSR count). The molecule has 0 aliphatic heterocycles. The van der Waals surface area contributed by atoms with E-state index in [0.29, 0.717) is 0 Å². The van der Waals surface area contributed by atoms with E-state index < -0.39 is 0 Å². The molecule has 2 unspecified atom stereocenters. The third-order valence-electron chi connectivity index (χ3n) is 6.09. The second kappa shape index (κ2) is 8.15. The number of rotatable bonds is 6. The molecule has 1 aromatic carbocycles. The number of hydrogen-bond acceptors (Lipinski definition) is 2. The standard InChI is InChI=1S/C24H38O2/c1-8-24(6,7)21(16-23(3,4)5)22(25)26-17(2)19-14-13-18-11-9-10-12-20(18)15-19/h13-15,17,21H,8-12,16H2,1-7H3. The second-order valence-electron chi connectivity index (χ2n) is 9.97. The average Bonchev–Trinajstić information content (AvgIpc) is 2.58. The molecule has 0 fully saturated rings. The fourth-order valence-corrected chi connectivity index (χ4v) is 3.87. The molecule has 26 heavy (non-hydrogen) atoms. The molecule has 0 saturated carbocycles. The van der Waals surface area contributed by atoms with Crippen LogP contribution in [0.5, 0.6) is 0 Å². The van der Waals surface area contributed by atoms with E-state index in [0.717, 1.165) is 24.8 Å². The number of fused-ring (bicyclic) bond motifs is 1. The Morgan fingerprint density at radius 2 is 1.69 bits per heavy atom. The van der Waals surface area contributed by atoms with Crippen LogP contribution in [0.2, 0.25) is 0 Å². The lowest BCUT2D eigenvalue weighted by molar-refractivity contribution is -0.159. The van der Waals surface area contributed by atoms with Crippen molar-refractivity contribution in [1.82, 2.24) is 0 Å². The predicted octanol–water partition coefficient (Wildman–Crippen LogP) is 6.66. The minimum atomic E-state index is -0.190. The minimum Gasteiger partial charge on any atom is -0.458 e. The Balaban J connectivity index is 2.14. The van der Waals surface area contributed by atoms with Crippen molar-refractivity contribution in [1.29, 1.82) is 0 Å². The molecule has 0 N–H and O–H groups in total. The largest absolute Gasteiger partial charge is 0.458 e. The third kappa shape index (κ3) is 5.34. The smallest absolute Gasteiger partial charge is 0.310 e. The summed E-state index contributed by atoms with van der Waals surface area (Å²) < 4.78 is 5.98. The summed E-state index contributed by atoms with van der Waals surface area (Å²) in [5, 5.41) is 0. The van der Waals surface area contributed by atoms with Gasteiger partial charge in [-0.2, -0.15) is 0 Å². The molecule has 0 radical (unpaired) electrons. The Labute approximate surface area is 160 Å². The first kappa shape index (κ1) is 21.0. The molecule has 1 aromatic rings. The molecule has 0 saturated heterocycles. The van der Waals surface area contributed by atoms with E-state index in [1.165, 1.54) is 30.4 Å². The minimum absolute atomic E-state index is 0.0444. The van der Waals surface area contributed by atoms with Crippen LogP contribution in [0.25, 0.3) is 0 Å². The molecular formula is C24H38O2. The second-order valence-corrected chi connectivity index (χ2v) is 9.97. The molecule has 1 aliphatic carbocycles. The van der Waals surface area contributed by atoms with Crippen LogP contribution >= 0.6 is 0 Å². The number of benzene rings is 1. The van der Waals surface area contributed by atoms with Gasteiger partial charge in [-0.3, -0.25) is 4.79 Å². The van der Waals surface area contributed by atoms with Gasteiger partial charge in [0.2, 0.25) is 0 Å². The zero-order valence-corrected chi connectivity index (χ0v) is 17.9. The topological polar surface area (TPSA) is 26.3 Å². The third-order valence-corrected chi connectivity index (χ3v) is 6.09. The van der Waals surface area contributed by atoms with Gasteiger partial charge in [0.05, 0.1) is 5.92 Å². The van der Waals surface area contributed by atoms with Gasteiger partial charge in [-0.1, -0.05) is 66.2 Å². The Kier molecular flexibility index (Phi) is 6.58. The normalized spacial score (nSPS) is 17.3. The maximum atomic E-state index is 13.1.